The van der Waals surface area contributed by atoms with E-state index in [1.165, 1.54) is 0 Å². The van der Waals surface area contributed by atoms with Crippen LogP contribution in [0.4, 0.5) is 0 Å². The molecule has 108 valence electrons. The first-order chi connectivity index (χ1) is 9.69. The highest BCUT2D eigenvalue weighted by molar-refractivity contribution is 9.10. The van der Waals surface area contributed by atoms with Crippen LogP contribution in [-0.4, -0.2) is 21.8 Å². The molecule has 5 nitrogen and oxygen atoms in total. The third-order valence-corrected chi connectivity index (χ3v) is 3.56. The van der Waals surface area contributed by atoms with Crippen LogP contribution in [0, 0.1) is 0 Å². The van der Waals surface area contributed by atoms with Gasteiger partial charge in [-0.25, -0.2) is 4.98 Å². The fourth-order valence-electron chi connectivity index (χ4n) is 1.90. The molecule has 0 saturated heterocycles. The Kier molecular flexibility index (Phi) is 5.03. The SMILES string of the molecule is CCn1cncc1COc1c(Br)cc(CO)cc1OC. The van der Waals surface area contributed by atoms with Crippen molar-refractivity contribution in [2.75, 3.05) is 7.11 Å². The fourth-order valence-corrected chi connectivity index (χ4v) is 2.51. The number of nitrogens with zero attached hydrogens (tertiary/aromatic N) is 2. The fraction of sp³-hybridized carbons (Fsp3) is 0.357. The summed E-state index contributed by atoms with van der Waals surface area (Å²) in [6.45, 7) is 3.26. The lowest BCUT2D eigenvalue weighted by molar-refractivity contribution is 0.268. The van der Waals surface area contributed by atoms with Gasteiger partial charge in [0.2, 0.25) is 0 Å². The van der Waals surface area contributed by atoms with E-state index in [2.05, 4.69) is 27.8 Å². The van der Waals surface area contributed by atoms with E-state index >= 15 is 0 Å². The van der Waals surface area contributed by atoms with Crippen molar-refractivity contribution in [3.8, 4) is 11.5 Å². The molecule has 1 heterocycles. The molecule has 0 fully saturated rings. The van der Waals surface area contributed by atoms with E-state index < -0.39 is 0 Å². The predicted molar refractivity (Wildman–Crippen MR) is 78.8 cm³/mol. The maximum absolute atomic E-state index is 9.19. The van der Waals surface area contributed by atoms with Crippen LogP contribution in [0.25, 0.3) is 0 Å². The van der Waals surface area contributed by atoms with E-state index in [0.29, 0.717) is 18.1 Å². The summed E-state index contributed by atoms with van der Waals surface area (Å²) in [7, 11) is 1.58. The second-order valence-corrected chi connectivity index (χ2v) is 5.08. The molecule has 0 bridgehead atoms. The molecule has 0 spiro atoms. The van der Waals surface area contributed by atoms with Gasteiger partial charge in [-0.3, -0.25) is 0 Å². The van der Waals surface area contributed by atoms with Crippen molar-refractivity contribution in [2.24, 2.45) is 0 Å². The maximum Gasteiger partial charge on any atom is 0.175 e. The normalized spacial score (nSPS) is 10.6. The minimum Gasteiger partial charge on any atom is -0.493 e. The molecule has 1 aromatic heterocycles. The molecule has 0 aliphatic rings. The smallest absolute Gasteiger partial charge is 0.175 e. The predicted octanol–water partition coefficient (Wildman–Crippen LogP) is 2.75. The summed E-state index contributed by atoms with van der Waals surface area (Å²) in [5, 5.41) is 9.19. The van der Waals surface area contributed by atoms with Crippen molar-refractivity contribution in [1.82, 2.24) is 9.55 Å². The van der Waals surface area contributed by atoms with Gasteiger partial charge < -0.3 is 19.1 Å². The number of aryl methyl sites for hydroxylation is 1. The van der Waals surface area contributed by atoms with E-state index in [4.69, 9.17) is 9.47 Å². The molecule has 2 aromatic rings. The standard InChI is InChI=1S/C14H17BrN2O3/c1-3-17-9-16-6-11(17)8-20-14-12(15)4-10(7-18)5-13(14)19-2/h4-6,9,18H,3,7-8H2,1-2H3. The maximum atomic E-state index is 9.19. The zero-order valence-electron chi connectivity index (χ0n) is 11.5. The van der Waals surface area contributed by atoms with Crippen LogP contribution in [0.2, 0.25) is 0 Å². The molecule has 6 heteroatoms. The van der Waals surface area contributed by atoms with E-state index in [1.54, 1.807) is 25.7 Å². The van der Waals surface area contributed by atoms with Gasteiger partial charge in [-0.2, -0.15) is 0 Å². The number of methoxy groups -OCH3 is 1. The van der Waals surface area contributed by atoms with Gasteiger partial charge >= 0.3 is 0 Å². The monoisotopic (exact) mass is 340 g/mol. The van der Waals surface area contributed by atoms with Crippen LogP contribution in [0.15, 0.2) is 29.1 Å². The molecule has 0 aliphatic carbocycles. The summed E-state index contributed by atoms with van der Waals surface area (Å²) in [4.78, 5) is 4.10. The molecule has 1 N–H and O–H groups in total. The quantitative estimate of drug-likeness (QED) is 0.878. The van der Waals surface area contributed by atoms with Crippen LogP contribution < -0.4 is 9.47 Å². The lowest BCUT2D eigenvalue weighted by Gasteiger charge is -2.14. The zero-order valence-corrected chi connectivity index (χ0v) is 13.1. The second kappa shape index (κ2) is 6.76. The number of ether oxygens (including phenoxy) is 2. The number of benzene rings is 1. The lowest BCUT2D eigenvalue weighted by atomic mass is 10.2. The molecular weight excluding hydrogens is 324 g/mol. The summed E-state index contributed by atoms with van der Waals surface area (Å²) in [6, 6.07) is 3.58. The van der Waals surface area contributed by atoms with Crippen molar-refractivity contribution >= 4 is 15.9 Å². The molecule has 0 aliphatic heterocycles. The van der Waals surface area contributed by atoms with Crippen molar-refractivity contribution < 1.29 is 14.6 Å². The van der Waals surface area contributed by atoms with Crippen LogP contribution in [0.1, 0.15) is 18.2 Å². The highest BCUT2D eigenvalue weighted by atomic mass is 79.9. The van der Waals surface area contributed by atoms with E-state index in [0.717, 1.165) is 22.3 Å². The Labute approximate surface area is 126 Å². The minimum absolute atomic E-state index is 0.0438. The van der Waals surface area contributed by atoms with Gasteiger partial charge in [-0.05, 0) is 40.5 Å². The first-order valence-corrected chi connectivity index (χ1v) is 7.08. The Morgan fingerprint density at radius 3 is 2.85 bits per heavy atom. The number of rotatable bonds is 6. The van der Waals surface area contributed by atoms with Gasteiger partial charge in [0.25, 0.3) is 0 Å². The number of halogens is 1. The topological polar surface area (TPSA) is 56.5 Å². The van der Waals surface area contributed by atoms with Crippen LogP contribution in [0.3, 0.4) is 0 Å². The van der Waals surface area contributed by atoms with Crippen molar-refractivity contribution in [1.29, 1.82) is 0 Å². The Morgan fingerprint density at radius 1 is 1.40 bits per heavy atom. The Balaban J connectivity index is 2.21. The van der Waals surface area contributed by atoms with Gasteiger partial charge in [0.1, 0.15) is 6.61 Å². The number of aromatic nitrogens is 2. The average Bonchev–Trinajstić information content (AvgIpc) is 2.92. The highest BCUT2D eigenvalue weighted by Crippen LogP contribution is 2.37. The number of hydrogen-bond donors (Lipinski definition) is 1. The number of imidazole rings is 1. The third-order valence-electron chi connectivity index (χ3n) is 2.98. The van der Waals surface area contributed by atoms with Gasteiger partial charge in [-0.15, -0.1) is 0 Å². The van der Waals surface area contributed by atoms with Gasteiger partial charge in [0, 0.05) is 6.54 Å². The summed E-state index contributed by atoms with van der Waals surface area (Å²) in [5.74, 6) is 1.21. The third kappa shape index (κ3) is 3.13. The van der Waals surface area contributed by atoms with E-state index in [9.17, 15) is 5.11 Å². The molecular formula is C14H17BrN2O3. The summed E-state index contributed by atoms with van der Waals surface area (Å²) in [5.41, 5.74) is 1.76. The Morgan fingerprint density at radius 2 is 2.20 bits per heavy atom. The van der Waals surface area contributed by atoms with E-state index in [1.807, 2.05) is 10.6 Å². The largest absolute Gasteiger partial charge is 0.493 e. The molecule has 2 rings (SSSR count). The van der Waals surface area contributed by atoms with Gasteiger partial charge in [0.15, 0.2) is 11.5 Å². The average molecular weight is 341 g/mol. The van der Waals surface area contributed by atoms with Crippen LogP contribution in [0.5, 0.6) is 11.5 Å². The molecule has 0 saturated carbocycles. The molecule has 1 aromatic carbocycles. The molecule has 0 atom stereocenters. The first kappa shape index (κ1) is 14.9. The number of aliphatic hydroxyl groups excluding tert-OH is 1. The molecule has 0 unspecified atom stereocenters. The number of hydrogen-bond acceptors (Lipinski definition) is 4. The molecule has 0 radical (unpaired) electrons. The van der Waals surface area contributed by atoms with Crippen molar-refractivity contribution in [3.63, 3.8) is 0 Å². The minimum atomic E-state index is -0.0438. The summed E-state index contributed by atoms with van der Waals surface area (Å²) in [6.07, 6.45) is 3.56. The van der Waals surface area contributed by atoms with Gasteiger partial charge in [-0.1, -0.05) is 0 Å². The van der Waals surface area contributed by atoms with Crippen LogP contribution in [-0.2, 0) is 19.8 Å². The zero-order chi connectivity index (χ0) is 14.5. The van der Waals surface area contributed by atoms with Crippen LogP contribution >= 0.6 is 15.9 Å². The number of aliphatic hydroxyl groups is 1. The second-order valence-electron chi connectivity index (χ2n) is 4.23. The Bertz CT molecular complexity index is 584. The molecule has 20 heavy (non-hydrogen) atoms. The summed E-state index contributed by atoms with van der Waals surface area (Å²) < 4.78 is 13.9. The van der Waals surface area contributed by atoms with Gasteiger partial charge in [0.05, 0.1) is 36.4 Å². The summed E-state index contributed by atoms with van der Waals surface area (Å²) >= 11 is 3.44. The highest BCUT2D eigenvalue weighted by Gasteiger charge is 2.12. The lowest BCUT2D eigenvalue weighted by Crippen LogP contribution is -2.05. The van der Waals surface area contributed by atoms with Crippen molar-refractivity contribution in [2.45, 2.75) is 26.7 Å². The first-order valence-electron chi connectivity index (χ1n) is 6.28. The van der Waals surface area contributed by atoms with E-state index in [-0.39, 0.29) is 6.61 Å². The van der Waals surface area contributed by atoms with Crippen molar-refractivity contribution in [3.05, 3.63) is 40.4 Å². The molecule has 0 amide bonds. The Hall–Kier alpha value is -1.53.